The summed E-state index contributed by atoms with van der Waals surface area (Å²) >= 11 is 1.51. The molecule has 1 heterocycles. The van der Waals surface area contributed by atoms with Gasteiger partial charge in [0.15, 0.2) is 0 Å². The number of benzene rings is 2. The molecular weight excluding hydrogens is 328 g/mol. The Kier molecular flexibility index (Phi) is 5.57. The molecule has 0 aliphatic carbocycles. The number of ketones is 1. The van der Waals surface area contributed by atoms with Crippen LogP contribution in [0.25, 0.3) is 11.1 Å². The maximum atomic E-state index is 12.7. The molecule has 0 spiro atoms. The molecule has 1 aliphatic rings. The first-order valence-corrected chi connectivity index (χ1v) is 9.46. The summed E-state index contributed by atoms with van der Waals surface area (Å²) in [5.41, 5.74) is 4.35. The molecule has 0 atom stereocenters. The first-order valence-electron chi connectivity index (χ1n) is 8.48. The highest BCUT2D eigenvalue weighted by molar-refractivity contribution is 8.04. The zero-order valence-electron chi connectivity index (χ0n) is 14.2. The molecule has 0 bridgehead atoms. The van der Waals surface area contributed by atoms with Crippen LogP contribution in [0, 0.1) is 11.3 Å². The minimum absolute atomic E-state index is 0.00628. The lowest BCUT2D eigenvalue weighted by Crippen LogP contribution is -2.02. The molecule has 4 heteroatoms. The molecule has 2 aromatic carbocycles. The van der Waals surface area contributed by atoms with Gasteiger partial charge in [0.1, 0.15) is 0 Å². The number of nitriles is 1. The molecule has 1 N–H and O–H groups in total. The maximum Gasteiger partial charge on any atom is 0.200 e. The van der Waals surface area contributed by atoms with Crippen molar-refractivity contribution in [1.82, 2.24) is 5.32 Å². The van der Waals surface area contributed by atoms with Gasteiger partial charge in [0.05, 0.1) is 22.4 Å². The summed E-state index contributed by atoms with van der Waals surface area (Å²) in [5.74, 6) is 0.733. The minimum Gasteiger partial charge on any atom is -0.380 e. The number of allylic oxidation sites excluding steroid dienone is 1. The predicted octanol–water partition coefficient (Wildman–Crippen LogP) is 4.89. The highest BCUT2D eigenvalue weighted by Gasteiger charge is 2.18. The summed E-state index contributed by atoms with van der Waals surface area (Å²) in [4.78, 5) is 13.4. The molecule has 3 nitrogen and oxygen atoms in total. The predicted molar refractivity (Wildman–Crippen MR) is 103 cm³/mol. The first-order chi connectivity index (χ1) is 12.2. The Balaban J connectivity index is 2.05. The third-order valence-corrected chi connectivity index (χ3v) is 5.20. The lowest BCUT2D eigenvalue weighted by atomic mass is 9.91. The number of rotatable bonds is 6. The number of carbonyl (C=O) groups is 1. The van der Waals surface area contributed by atoms with Crippen LogP contribution >= 0.6 is 11.8 Å². The van der Waals surface area contributed by atoms with Crippen LogP contribution < -0.4 is 5.32 Å². The third-order valence-electron chi connectivity index (χ3n) is 4.28. The van der Waals surface area contributed by atoms with E-state index in [9.17, 15) is 10.1 Å². The molecule has 0 fully saturated rings. The quantitative estimate of drug-likeness (QED) is 0.756. The molecular formula is C21H20N2OS. The standard InChI is InChI=1S/C21H20N2OS/c1-2-3-6-15-7-4-5-8-18(15)19-11-16(9-10-17(19)12-22)21(24)20-13-23-14-25-20/h4-5,7-11,13,23H,2-3,6,14H2,1H3. The Labute approximate surface area is 152 Å². The van der Waals surface area contributed by atoms with Crippen molar-refractivity contribution in [2.75, 3.05) is 5.88 Å². The molecule has 1 aliphatic heterocycles. The van der Waals surface area contributed by atoms with Crippen molar-refractivity contribution < 1.29 is 4.79 Å². The molecule has 0 saturated carbocycles. The topological polar surface area (TPSA) is 52.9 Å². The molecule has 2 aromatic rings. The number of thioether (sulfide) groups is 1. The van der Waals surface area contributed by atoms with Crippen LogP contribution in [0.4, 0.5) is 0 Å². The van der Waals surface area contributed by atoms with Crippen molar-refractivity contribution in [3.63, 3.8) is 0 Å². The molecule has 0 radical (unpaired) electrons. The number of Topliss-reactive ketones (excluding diaryl/α,β-unsaturated/α-hetero) is 1. The van der Waals surface area contributed by atoms with Crippen LogP contribution in [0.1, 0.15) is 41.3 Å². The van der Waals surface area contributed by atoms with Gasteiger partial charge < -0.3 is 5.32 Å². The minimum atomic E-state index is 0.00628. The van der Waals surface area contributed by atoms with Crippen molar-refractivity contribution in [2.45, 2.75) is 26.2 Å². The van der Waals surface area contributed by atoms with Crippen LogP contribution in [0.2, 0.25) is 0 Å². The lowest BCUT2D eigenvalue weighted by molar-refractivity contribution is 0.104. The highest BCUT2D eigenvalue weighted by Crippen LogP contribution is 2.31. The normalized spacial score (nSPS) is 13.0. The fraction of sp³-hybridized carbons (Fsp3) is 0.238. The number of carbonyl (C=O) groups excluding carboxylic acids is 1. The van der Waals surface area contributed by atoms with E-state index in [0.717, 1.165) is 41.2 Å². The van der Waals surface area contributed by atoms with Gasteiger partial charge in [-0.05, 0) is 42.2 Å². The van der Waals surface area contributed by atoms with Gasteiger partial charge in [-0.2, -0.15) is 5.26 Å². The van der Waals surface area contributed by atoms with E-state index in [1.54, 1.807) is 18.3 Å². The van der Waals surface area contributed by atoms with Crippen molar-refractivity contribution in [2.24, 2.45) is 0 Å². The Morgan fingerprint density at radius 1 is 1.24 bits per heavy atom. The van der Waals surface area contributed by atoms with E-state index < -0.39 is 0 Å². The number of aryl methyl sites for hydroxylation is 1. The first kappa shape index (κ1) is 17.3. The number of nitrogens with zero attached hydrogens (tertiary/aromatic N) is 1. The van der Waals surface area contributed by atoms with E-state index in [2.05, 4.69) is 24.4 Å². The second-order valence-electron chi connectivity index (χ2n) is 5.96. The van der Waals surface area contributed by atoms with Crippen molar-refractivity contribution >= 4 is 17.5 Å². The molecule has 0 unspecified atom stereocenters. The van der Waals surface area contributed by atoms with Gasteiger partial charge in [0.2, 0.25) is 5.78 Å². The summed E-state index contributed by atoms with van der Waals surface area (Å²) in [6, 6.07) is 15.8. The second kappa shape index (κ2) is 8.04. The van der Waals surface area contributed by atoms with E-state index in [-0.39, 0.29) is 5.78 Å². The van der Waals surface area contributed by atoms with Crippen molar-refractivity contribution in [3.8, 4) is 17.2 Å². The van der Waals surface area contributed by atoms with Gasteiger partial charge in [0, 0.05) is 17.3 Å². The lowest BCUT2D eigenvalue weighted by Gasteiger charge is -2.12. The van der Waals surface area contributed by atoms with Gasteiger partial charge >= 0.3 is 0 Å². The number of unbranched alkanes of at least 4 members (excludes halogenated alkanes) is 1. The van der Waals surface area contributed by atoms with Gasteiger partial charge in [0.25, 0.3) is 0 Å². The van der Waals surface area contributed by atoms with Gasteiger partial charge in [-0.1, -0.05) is 49.4 Å². The zero-order valence-corrected chi connectivity index (χ0v) is 15.0. The largest absolute Gasteiger partial charge is 0.380 e. The van der Waals surface area contributed by atoms with Gasteiger partial charge in [-0.3, -0.25) is 4.79 Å². The van der Waals surface area contributed by atoms with Crippen molar-refractivity contribution in [1.29, 1.82) is 5.26 Å². The van der Waals surface area contributed by atoms with E-state index >= 15 is 0 Å². The average molecular weight is 348 g/mol. The maximum absolute atomic E-state index is 12.7. The van der Waals surface area contributed by atoms with Gasteiger partial charge in [-0.25, -0.2) is 0 Å². The van der Waals surface area contributed by atoms with E-state index in [1.165, 1.54) is 17.3 Å². The summed E-state index contributed by atoms with van der Waals surface area (Å²) in [7, 11) is 0. The molecule has 0 amide bonds. The van der Waals surface area contributed by atoms with Crippen LogP contribution in [0.15, 0.2) is 53.6 Å². The van der Waals surface area contributed by atoms with Gasteiger partial charge in [-0.15, -0.1) is 0 Å². The Morgan fingerprint density at radius 3 is 2.80 bits per heavy atom. The third kappa shape index (κ3) is 3.78. The highest BCUT2D eigenvalue weighted by atomic mass is 32.2. The molecule has 0 aromatic heterocycles. The van der Waals surface area contributed by atoms with E-state index in [0.29, 0.717) is 11.1 Å². The summed E-state index contributed by atoms with van der Waals surface area (Å²) in [6.07, 6.45) is 4.96. The van der Waals surface area contributed by atoms with E-state index in [1.807, 2.05) is 24.3 Å². The summed E-state index contributed by atoms with van der Waals surface area (Å²) in [5, 5.41) is 12.6. The van der Waals surface area contributed by atoms with Crippen LogP contribution in [0.3, 0.4) is 0 Å². The molecule has 126 valence electrons. The summed E-state index contributed by atoms with van der Waals surface area (Å²) < 4.78 is 0. The fourth-order valence-electron chi connectivity index (χ4n) is 2.94. The van der Waals surface area contributed by atoms with Crippen molar-refractivity contribution in [3.05, 3.63) is 70.3 Å². The monoisotopic (exact) mass is 348 g/mol. The number of hydrogen-bond acceptors (Lipinski definition) is 4. The van der Waals surface area contributed by atoms with Crippen LogP contribution in [-0.4, -0.2) is 11.7 Å². The zero-order chi connectivity index (χ0) is 17.6. The summed E-state index contributed by atoms with van der Waals surface area (Å²) in [6.45, 7) is 2.17. The van der Waals surface area contributed by atoms with Crippen LogP contribution in [-0.2, 0) is 6.42 Å². The number of nitrogens with one attached hydrogen (secondary N) is 1. The fourth-order valence-corrected chi connectivity index (χ4v) is 3.68. The van der Waals surface area contributed by atoms with E-state index in [4.69, 9.17) is 0 Å². The Morgan fingerprint density at radius 2 is 2.08 bits per heavy atom. The molecule has 0 saturated heterocycles. The number of hydrogen-bond donors (Lipinski definition) is 1. The van der Waals surface area contributed by atoms with Crippen LogP contribution in [0.5, 0.6) is 0 Å². The Hall–Kier alpha value is -2.51. The molecule has 25 heavy (non-hydrogen) atoms. The average Bonchev–Trinajstić information content (AvgIpc) is 3.20. The smallest absolute Gasteiger partial charge is 0.200 e. The Bertz CT molecular complexity index is 864. The molecule has 3 rings (SSSR count). The second-order valence-corrected chi connectivity index (χ2v) is 6.98. The SMILES string of the molecule is CCCCc1ccccc1-c1cc(C(=O)C2=CNCS2)ccc1C#N.